The van der Waals surface area contributed by atoms with Crippen molar-refractivity contribution in [3.8, 4) is 0 Å². The Balaban J connectivity index is 2.68. The van der Waals surface area contributed by atoms with Crippen molar-refractivity contribution < 1.29 is 19.5 Å². The van der Waals surface area contributed by atoms with Crippen molar-refractivity contribution in [2.45, 2.75) is 18.9 Å². The maximum Gasteiger partial charge on any atom is 0.303 e. The average molecular weight is 329 g/mol. The van der Waals surface area contributed by atoms with Crippen LogP contribution >= 0.6 is 15.9 Å². The molecule has 0 aliphatic heterocycles. The summed E-state index contributed by atoms with van der Waals surface area (Å²) < 4.78 is 0.821. The molecular weight excluding hydrogens is 316 g/mol. The molecule has 0 aromatic heterocycles. The van der Waals surface area contributed by atoms with E-state index in [2.05, 4.69) is 21.2 Å². The Hall–Kier alpha value is -1.89. The Labute approximate surface area is 118 Å². The molecule has 0 aliphatic rings. The third-order valence-electron chi connectivity index (χ3n) is 2.40. The smallest absolute Gasteiger partial charge is 0.303 e. The number of hydrogen-bond donors (Lipinski definition) is 3. The highest BCUT2D eigenvalue weighted by Gasteiger charge is 2.19. The van der Waals surface area contributed by atoms with E-state index in [-0.39, 0.29) is 12.8 Å². The van der Waals surface area contributed by atoms with Crippen LogP contribution in [0.15, 0.2) is 28.7 Å². The van der Waals surface area contributed by atoms with Gasteiger partial charge in [0.05, 0.1) is 0 Å². The van der Waals surface area contributed by atoms with Gasteiger partial charge in [0.2, 0.25) is 5.91 Å². The lowest BCUT2D eigenvalue weighted by atomic mass is 10.1. The zero-order valence-electron chi connectivity index (χ0n) is 9.93. The summed E-state index contributed by atoms with van der Waals surface area (Å²) in [5.41, 5.74) is 5.48. The summed E-state index contributed by atoms with van der Waals surface area (Å²) in [7, 11) is 0. The lowest BCUT2D eigenvalue weighted by Gasteiger charge is -2.14. The van der Waals surface area contributed by atoms with Crippen LogP contribution in [0.4, 0.5) is 0 Å². The molecule has 0 bridgehead atoms. The Morgan fingerprint density at radius 1 is 1.26 bits per heavy atom. The minimum Gasteiger partial charge on any atom is -0.481 e. The predicted octanol–water partition coefficient (Wildman–Crippen LogP) is 0.898. The van der Waals surface area contributed by atoms with Gasteiger partial charge in [-0.15, -0.1) is 0 Å². The number of benzene rings is 1. The Morgan fingerprint density at radius 2 is 1.84 bits per heavy atom. The van der Waals surface area contributed by atoms with Crippen molar-refractivity contribution in [3.63, 3.8) is 0 Å². The van der Waals surface area contributed by atoms with E-state index in [1.807, 2.05) is 0 Å². The molecule has 1 rings (SSSR count). The van der Waals surface area contributed by atoms with Gasteiger partial charge in [0.15, 0.2) is 0 Å². The molecular formula is C12H13BrN2O4. The lowest BCUT2D eigenvalue weighted by molar-refractivity contribution is -0.137. The number of amides is 2. The second kappa shape index (κ2) is 6.89. The second-order valence-corrected chi connectivity index (χ2v) is 4.78. The summed E-state index contributed by atoms with van der Waals surface area (Å²) >= 11 is 3.24. The first-order chi connectivity index (χ1) is 8.90. The standard InChI is InChI=1S/C12H13BrN2O4/c13-8-3-1-7(2-4-8)12(19)15-9(11(14)18)5-6-10(16)17/h1-4,9H,5-6H2,(H2,14,18)(H,15,19)(H,16,17)/t9-/m0/s1. The Kier molecular flexibility index (Phi) is 5.50. The molecule has 0 radical (unpaired) electrons. The van der Waals surface area contributed by atoms with Gasteiger partial charge in [-0.05, 0) is 30.7 Å². The minimum absolute atomic E-state index is 0.0348. The number of nitrogens with one attached hydrogen (secondary N) is 1. The van der Waals surface area contributed by atoms with Gasteiger partial charge in [-0.3, -0.25) is 14.4 Å². The monoisotopic (exact) mass is 328 g/mol. The van der Waals surface area contributed by atoms with Gasteiger partial charge >= 0.3 is 5.97 Å². The predicted molar refractivity (Wildman–Crippen MR) is 71.5 cm³/mol. The van der Waals surface area contributed by atoms with Crippen molar-refractivity contribution in [2.75, 3.05) is 0 Å². The maximum absolute atomic E-state index is 11.8. The first-order valence-corrected chi connectivity index (χ1v) is 6.27. The van der Waals surface area contributed by atoms with Gasteiger partial charge < -0.3 is 16.2 Å². The molecule has 0 fully saturated rings. The van der Waals surface area contributed by atoms with Gasteiger partial charge in [-0.2, -0.15) is 0 Å². The van der Waals surface area contributed by atoms with E-state index in [0.717, 1.165) is 4.47 Å². The molecule has 102 valence electrons. The summed E-state index contributed by atoms with van der Waals surface area (Å²) in [6.07, 6.45) is -0.277. The highest BCUT2D eigenvalue weighted by Crippen LogP contribution is 2.10. The van der Waals surface area contributed by atoms with Crippen LogP contribution in [0.3, 0.4) is 0 Å². The molecule has 0 unspecified atom stereocenters. The van der Waals surface area contributed by atoms with Gasteiger partial charge in [-0.1, -0.05) is 15.9 Å². The molecule has 7 heteroatoms. The highest BCUT2D eigenvalue weighted by molar-refractivity contribution is 9.10. The molecule has 19 heavy (non-hydrogen) atoms. The Bertz CT molecular complexity index is 487. The fourth-order valence-corrected chi connectivity index (χ4v) is 1.66. The molecule has 1 atom stereocenters. The first kappa shape index (κ1) is 15.2. The van der Waals surface area contributed by atoms with E-state index in [1.165, 1.54) is 0 Å². The number of carboxylic acids is 1. The van der Waals surface area contributed by atoms with Crippen LogP contribution in [0.2, 0.25) is 0 Å². The number of rotatable bonds is 6. The van der Waals surface area contributed by atoms with Crippen LogP contribution in [0, 0.1) is 0 Å². The fraction of sp³-hybridized carbons (Fsp3) is 0.250. The third kappa shape index (κ3) is 5.09. The van der Waals surface area contributed by atoms with Crippen molar-refractivity contribution in [2.24, 2.45) is 5.73 Å². The normalized spacial score (nSPS) is 11.6. The van der Waals surface area contributed by atoms with Gasteiger partial charge in [0.25, 0.3) is 5.91 Å². The summed E-state index contributed by atoms with van der Waals surface area (Å²) in [5, 5.41) is 11.0. The number of carbonyl (C=O) groups is 3. The Morgan fingerprint density at radius 3 is 2.32 bits per heavy atom. The molecule has 0 saturated heterocycles. The molecule has 1 aromatic rings. The van der Waals surface area contributed by atoms with E-state index in [0.29, 0.717) is 5.56 Å². The van der Waals surface area contributed by atoms with Crippen LogP contribution in [-0.2, 0) is 9.59 Å². The largest absolute Gasteiger partial charge is 0.481 e. The van der Waals surface area contributed by atoms with Gasteiger partial charge in [0.1, 0.15) is 6.04 Å². The number of nitrogens with two attached hydrogens (primary N) is 1. The van der Waals surface area contributed by atoms with Crippen LogP contribution < -0.4 is 11.1 Å². The highest BCUT2D eigenvalue weighted by atomic mass is 79.9. The second-order valence-electron chi connectivity index (χ2n) is 3.87. The number of aliphatic carboxylic acids is 1. The molecule has 2 amide bonds. The lowest BCUT2D eigenvalue weighted by Crippen LogP contribution is -2.44. The first-order valence-electron chi connectivity index (χ1n) is 5.47. The van der Waals surface area contributed by atoms with E-state index in [1.54, 1.807) is 24.3 Å². The molecule has 4 N–H and O–H groups in total. The molecule has 0 aliphatic carbocycles. The van der Waals surface area contributed by atoms with Gasteiger partial charge in [-0.25, -0.2) is 0 Å². The van der Waals surface area contributed by atoms with Crippen LogP contribution in [0.25, 0.3) is 0 Å². The number of carbonyl (C=O) groups excluding carboxylic acids is 2. The molecule has 0 spiro atoms. The topological polar surface area (TPSA) is 109 Å². The molecule has 0 heterocycles. The molecule has 6 nitrogen and oxygen atoms in total. The zero-order valence-corrected chi connectivity index (χ0v) is 11.5. The fourth-order valence-electron chi connectivity index (χ4n) is 1.40. The summed E-state index contributed by atoms with van der Waals surface area (Å²) in [4.78, 5) is 33.4. The average Bonchev–Trinajstić information content (AvgIpc) is 2.34. The van der Waals surface area contributed by atoms with Gasteiger partial charge in [0, 0.05) is 16.5 Å². The van der Waals surface area contributed by atoms with E-state index < -0.39 is 23.8 Å². The number of hydrogen-bond acceptors (Lipinski definition) is 3. The minimum atomic E-state index is -1.05. The van der Waals surface area contributed by atoms with Crippen molar-refractivity contribution >= 4 is 33.7 Å². The number of halogens is 1. The van der Waals surface area contributed by atoms with E-state index in [9.17, 15) is 14.4 Å². The SMILES string of the molecule is NC(=O)[C@H](CCC(=O)O)NC(=O)c1ccc(Br)cc1. The summed E-state index contributed by atoms with van der Waals surface area (Å²) in [6, 6.07) is 5.53. The molecule has 1 aromatic carbocycles. The number of carboxylic acid groups (broad SMARTS) is 1. The van der Waals surface area contributed by atoms with E-state index >= 15 is 0 Å². The van der Waals surface area contributed by atoms with Crippen LogP contribution in [-0.4, -0.2) is 28.9 Å². The maximum atomic E-state index is 11.8. The van der Waals surface area contributed by atoms with Crippen LogP contribution in [0.1, 0.15) is 23.2 Å². The van der Waals surface area contributed by atoms with Crippen molar-refractivity contribution in [1.29, 1.82) is 0 Å². The summed E-state index contributed by atoms with van der Waals surface area (Å²) in [6.45, 7) is 0. The number of primary amides is 1. The van der Waals surface area contributed by atoms with Crippen molar-refractivity contribution in [3.05, 3.63) is 34.3 Å². The zero-order chi connectivity index (χ0) is 14.4. The summed E-state index contributed by atoms with van der Waals surface area (Å²) in [5.74, 6) is -2.28. The van der Waals surface area contributed by atoms with E-state index in [4.69, 9.17) is 10.8 Å². The third-order valence-corrected chi connectivity index (χ3v) is 2.93. The van der Waals surface area contributed by atoms with Crippen molar-refractivity contribution in [1.82, 2.24) is 5.32 Å². The molecule has 0 saturated carbocycles. The quantitative estimate of drug-likeness (QED) is 0.720. The van der Waals surface area contributed by atoms with Crippen LogP contribution in [0.5, 0.6) is 0 Å².